The molecule has 2 rings (SSSR count). The molecule has 2 N–H and O–H groups in total. The monoisotopic (exact) mass is 403 g/mol. The molecule has 152 valence electrons. The van der Waals surface area contributed by atoms with Crippen molar-refractivity contribution in [3.05, 3.63) is 42.0 Å². The fourth-order valence-corrected chi connectivity index (χ4v) is 2.67. The average Bonchev–Trinajstić information content (AvgIpc) is 2.66. The number of amides is 1. The third-order valence-electron chi connectivity index (χ3n) is 4.18. The van der Waals surface area contributed by atoms with Crippen LogP contribution in [-0.4, -0.2) is 41.9 Å². The van der Waals surface area contributed by atoms with E-state index in [1.165, 1.54) is 24.3 Å². The van der Waals surface area contributed by atoms with Crippen LogP contribution in [0.4, 0.5) is 23.2 Å². The zero-order valence-corrected chi connectivity index (χ0v) is 14.4. The number of esters is 1. The number of rotatable bonds is 7. The smallest absolute Gasteiger partial charge is 0.340 e. The van der Waals surface area contributed by atoms with E-state index in [4.69, 9.17) is 5.11 Å². The molecule has 0 unspecified atom stereocenters. The number of anilines is 1. The van der Waals surface area contributed by atoms with Crippen molar-refractivity contribution in [1.29, 1.82) is 0 Å². The van der Waals surface area contributed by atoms with Gasteiger partial charge >= 0.3 is 24.3 Å². The topological polar surface area (TPSA) is 92.7 Å². The highest BCUT2D eigenvalue weighted by Crippen LogP contribution is 2.30. The maximum atomic E-state index is 13.0. The Morgan fingerprint density at radius 2 is 1.82 bits per heavy atom. The molecular weight excluding hydrogens is 386 g/mol. The van der Waals surface area contributed by atoms with E-state index in [2.05, 4.69) is 10.1 Å². The lowest BCUT2D eigenvalue weighted by atomic mass is 9.82. The summed E-state index contributed by atoms with van der Waals surface area (Å²) in [6.45, 7) is -1.78. The van der Waals surface area contributed by atoms with E-state index < -0.39 is 48.6 Å². The predicted octanol–water partition coefficient (Wildman–Crippen LogP) is 3.35. The zero-order valence-electron chi connectivity index (χ0n) is 14.4. The Bertz CT molecular complexity index is 781. The Morgan fingerprint density at radius 3 is 2.43 bits per heavy atom. The highest BCUT2D eigenvalue weighted by molar-refractivity contribution is 5.97. The molecule has 0 saturated carbocycles. The van der Waals surface area contributed by atoms with Gasteiger partial charge in [-0.2, -0.15) is 8.78 Å². The molecule has 0 aliphatic heterocycles. The number of hydrogen-bond donors (Lipinski definition) is 2. The van der Waals surface area contributed by atoms with Crippen molar-refractivity contribution in [2.75, 3.05) is 11.9 Å². The molecule has 1 aliphatic rings. The molecule has 28 heavy (non-hydrogen) atoms. The van der Waals surface area contributed by atoms with Gasteiger partial charge in [0.05, 0.1) is 17.4 Å². The largest absolute Gasteiger partial charge is 0.478 e. The summed E-state index contributed by atoms with van der Waals surface area (Å²) in [5.74, 6) is -9.60. The van der Waals surface area contributed by atoms with Gasteiger partial charge in [0.25, 0.3) is 0 Å². The van der Waals surface area contributed by atoms with Crippen molar-refractivity contribution in [2.45, 2.75) is 25.2 Å². The molecular formula is C18H17F4NO5. The van der Waals surface area contributed by atoms with E-state index in [9.17, 15) is 31.9 Å². The van der Waals surface area contributed by atoms with Crippen molar-refractivity contribution in [2.24, 2.45) is 11.8 Å². The van der Waals surface area contributed by atoms with Crippen LogP contribution < -0.4 is 5.32 Å². The maximum absolute atomic E-state index is 13.0. The Hall–Kier alpha value is -2.91. The molecule has 2 atom stereocenters. The Labute approximate surface area is 157 Å². The van der Waals surface area contributed by atoms with Gasteiger partial charge in [0.1, 0.15) is 0 Å². The summed E-state index contributed by atoms with van der Waals surface area (Å²) in [7, 11) is 0. The number of ether oxygens (including phenoxy) is 1. The summed E-state index contributed by atoms with van der Waals surface area (Å²) >= 11 is 0. The van der Waals surface area contributed by atoms with Gasteiger partial charge in [0.15, 0.2) is 6.61 Å². The first-order chi connectivity index (χ1) is 13.1. The molecule has 1 aromatic rings. The van der Waals surface area contributed by atoms with E-state index in [0.29, 0.717) is 0 Å². The first kappa shape index (κ1) is 21.4. The van der Waals surface area contributed by atoms with Crippen LogP contribution in [0.2, 0.25) is 0 Å². The zero-order chi connectivity index (χ0) is 20.9. The molecule has 1 aromatic carbocycles. The average molecular weight is 403 g/mol. The predicted molar refractivity (Wildman–Crippen MR) is 89.3 cm³/mol. The van der Waals surface area contributed by atoms with Gasteiger partial charge in [-0.3, -0.25) is 9.59 Å². The minimum Gasteiger partial charge on any atom is -0.478 e. The second-order valence-corrected chi connectivity index (χ2v) is 6.20. The van der Waals surface area contributed by atoms with Gasteiger partial charge in [-0.05, 0) is 31.0 Å². The SMILES string of the molecule is O=C(O)c1cccc(NC(=O)[C@@H]2CC=CC[C@@H]2C(=O)OCC(F)(F)C(F)F)c1. The Morgan fingerprint density at radius 1 is 1.18 bits per heavy atom. The number of aromatic carboxylic acids is 1. The lowest BCUT2D eigenvalue weighted by Crippen LogP contribution is -2.39. The molecule has 1 amide bonds. The standard InChI is InChI=1S/C18H17F4NO5/c19-17(20)18(21,22)9-28-16(27)13-7-2-1-6-12(13)14(24)23-11-5-3-4-10(8-11)15(25)26/h1-5,8,12-13,17H,6-7,9H2,(H,23,24)(H,25,26)/t12-,13+/m1/s1. The number of nitrogens with one attached hydrogen (secondary N) is 1. The van der Waals surface area contributed by atoms with Crippen LogP contribution in [0.15, 0.2) is 36.4 Å². The van der Waals surface area contributed by atoms with Crippen LogP contribution in [-0.2, 0) is 14.3 Å². The van der Waals surface area contributed by atoms with E-state index in [1.807, 2.05) is 0 Å². The number of carboxylic acids is 1. The van der Waals surface area contributed by atoms with E-state index in [0.717, 1.165) is 0 Å². The number of carbonyl (C=O) groups is 3. The molecule has 6 nitrogen and oxygen atoms in total. The van der Waals surface area contributed by atoms with E-state index in [1.54, 1.807) is 12.2 Å². The molecule has 0 spiro atoms. The summed E-state index contributed by atoms with van der Waals surface area (Å²) in [5, 5.41) is 11.4. The second-order valence-electron chi connectivity index (χ2n) is 6.20. The Balaban J connectivity index is 2.07. The number of allylic oxidation sites excluding steroid dienone is 2. The fraction of sp³-hybridized carbons (Fsp3) is 0.389. The van der Waals surface area contributed by atoms with Crippen LogP contribution in [0.1, 0.15) is 23.2 Å². The molecule has 0 heterocycles. The minimum absolute atomic E-state index is 0.0202. The highest BCUT2D eigenvalue weighted by Gasteiger charge is 2.43. The molecule has 1 aliphatic carbocycles. The Kier molecular flexibility index (Phi) is 6.76. The van der Waals surface area contributed by atoms with E-state index >= 15 is 0 Å². The van der Waals surface area contributed by atoms with Crippen LogP contribution in [0.5, 0.6) is 0 Å². The second kappa shape index (κ2) is 8.85. The number of carbonyl (C=O) groups excluding carboxylic acids is 2. The first-order valence-corrected chi connectivity index (χ1v) is 8.23. The molecule has 0 saturated heterocycles. The van der Waals surface area contributed by atoms with Gasteiger partial charge in [0.2, 0.25) is 5.91 Å². The number of carboxylic acid groups (broad SMARTS) is 1. The summed E-state index contributed by atoms with van der Waals surface area (Å²) in [5.41, 5.74) is 0.113. The first-order valence-electron chi connectivity index (χ1n) is 8.23. The lowest BCUT2D eigenvalue weighted by Gasteiger charge is -2.26. The fourth-order valence-electron chi connectivity index (χ4n) is 2.67. The number of hydrogen-bond acceptors (Lipinski definition) is 4. The molecule has 0 radical (unpaired) electrons. The van der Waals surface area contributed by atoms with Crippen LogP contribution in [0.25, 0.3) is 0 Å². The normalized spacial score (nSPS) is 19.3. The van der Waals surface area contributed by atoms with Crippen LogP contribution in [0, 0.1) is 11.8 Å². The van der Waals surface area contributed by atoms with Crippen molar-refractivity contribution in [3.8, 4) is 0 Å². The molecule has 0 aromatic heterocycles. The number of benzene rings is 1. The van der Waals surface area contributed by atoms with Gasteiger partial charge in [-0.15, -0.1) is 0 Å². The quantitative estimate of drug-likeness (QED) is 0.414. The molecule has 10 heteroatoms. The third-order valence-corrected chi connectivity index (χ3v) is 4.18. The lowest BCUT2D eigenvalue weighted by molar-refractivity contribution is -0.184. The maximum Gasteiger partial charge on any atom is 0.340 e. The van der Waals surface area contributed by atoms with Gasteiger partial charge < -0.3 is 15.2 Å². The van der Waals surface area contributed by atoms with Crippen molar-refractivity contribution < 1.29 is 41.8 Å². The van der Waals surface area contributed by atoms with Gasteiger partial charge in [-0.25, -0.2) is 13.6 Å². The number of halogens is 4. The van der Waals surface area contributed by atoms with Crippen LogP contribution in [0.3, 0.4) is 0 Å². The third kappa shape index (κ3) is 5.30. The summed E-state index contributed by atoms with van der Waals surface area (Å²) < 4.78 is 54.6. The van der Waals surface area contributed by atoms with Crippen molar-refractivity contribution in [1.82, 2.24) is 0 Å². The highest BCUT2D eigenvalue weighted by atomic mass is 19.3. The van der Waals surface area contributed by atoms with Crippen molar-refractivity contribution >= 4 is 23.5 Å². The van der Waals surface area contributed by atoms with E-state index in [-0.39, 0.29) is 24.1 Å². The molecule has 0 bridgehead atoms. The molecule has 0 fully saturated rings. The van der Waals surface area contributed by atoms with Crippen LogP contribution >= 0.6 is 0 Å². The minimum atomic E-state index is -4.48. The van der Waals surface area contributed by atoms with Gasteiger partial charge in [-0.1, -0.05) is 18.2 Å². The summed E-state index contributed by atoms with van der Waals surface area (Å²) in [4.78, 5) is 35.6. The number of alkyl halides is 4. The van der Waals surface area contributed by atoms with Gasteiger partial charge in [0, 0.05) is 5.69 Å². The van der Waals surface area contributed by atoms with Crippen molar-refractivity contribution in [3.63, 3.8) is 0 Å². The summed E-state index contributed by atoms with van der Waals surface area (Å²) in [6.07, 6.45) is -0.671. The summed E-state index contributed by atoms with van der Waals surface area (Å²) in [6, 6.07) is 5.40.